The zero-order chi connectivity index (χ0) is 18.5. The van der Waals surface area contributed by atoms with E-state index in [0.717, 1.165) is 19.4 Å². The van der Waals surface area contributed by atoms with Crippen LogP contribution in [0.2, 0.25) is 0 Å². The molecule has 0 aliphatic heterocycles. The standard InChI is InChI=1S/C23H38N2/c1-5-6-7-8-9-13-18-25(4)19-14-17-23(20-24,21(2)3)22-15-11-10-12-16-22/h10-12,15-16,21H,5-9,13-14,17-19H2,1-4H3. The Labute approximate surface area is 156 Å². The van der Waals surface area contributed by atoms with Gasteiger partial charge in [0, 0.05) is 0 Å². The van der Waals surface area contributed by atoms with Crippen LogP contribution >= 0.6 is 0 Å². The fourth-order valence-corrected chi connectivity index (χ4v) is 3.65. The van der Waals surface area contributed by atoms with Crippen LogP contribution in [0.4, 0.5) is 0 Å². The molecule has 0 heterocycles. The second-order valence-corrected chi connectivity index (χ2v) is 7.78. The highest BCUT2D eigenvalue weighted by Gasteiger charge is 2.35. The van der Waals surface area contributed by atoms with E-state index in [0.29, 0.717) is 5.92 Å². The molecule has 0 spiro atoms. The van der Waals surface area contributed by atoms with Crippen LogP contribution in [0.15, 0.2) is 30.3 Å². The lowest BCUT2D eigenvalue weighted by molar-refractivity contribution is 0.286. The van der Waals surface area contributed by atoms with Gasteiger partial charge in [0.1, 0.15) is 0 Å². The number of hydrogen-bond acceptors (Lipinski definition) is 2. The van der Waals surface area contributed by atoms with Gasteiger partial charge >= 0.3 is 0 Å². The van der Waals surface area contributed by atoms with Crippen LogP contribution in [-0.2, 0) is 5.41 Å². The SMILES string of the molecule is CCCCCCCCN(C)CCCC(C#N)(c1ccccc1)C(C)C. The van der Waals surface area contributed by atoms with Crippen LogP contribution in [-0.4, -0.2) is 25.0 Å². The molecule has 1 aromatic rings. The zero-order valence-corrected chi connectivity index (χ0v) is 16.9. The van der Waals surface area contributed by atoms with E-state index in [1.165, 1.54) is 50.6 Å². The van der Waals surface area contributed by atoms with Crippen molar-refractivity contribution in [1.29, 1.82) is 5.26 Å². The van der Waals surface area contributed by atoms with E-state index in [9.17, 15) is 5.26 Å². The molecule has 0 saturated heterocycles. The molecule has 0 aliphatic carbocycles. The number of nitriles is 1. The number of nitrogens with zero attached hydrogens (tertiary/aromatic N) is 2. The average Bonchev–Trinajstić information content (AvgIpc) is 2.62. The third-order valence-corrected chi connectivity index (χ3v) is 5.48. The molecule has 0 aromatic heterocycles. The quantitative estimate of drug-likeness (QED) is 0.400. The van der Waals surface area contributed by atoms with Crippen LogP contribution in [0.25, 0.3) is 0 Å². The number of benzene rings is 1. The van der Waals surface area contributed by atoms with E-state index in [-0.39, 0.29) is 5.41 Å². The van der Waals surface area contributed by atoms with Crippen molar-refractivity contribution in [1.82, 2.24) is 4.90 Å². The molecule has 0 amide bonds. The van der Waals surface area contributed by atoms with E-state index in [2.05, 4.69) is 63.1 Å². The predicted octanol–water partition coefficient (Wildman–Crippen LogP) is 6.18. The first-order valence-corrected chi connectivity index (χ1v) is 10.2. The van der Waals surface area contributed by atoms with E-state index in [4.69, 9.17) is 0 Å². The van der Waals surface area contributed by atoms with E-state index in [1.807, 2.05) is 6.07 Å². The second-order valence-electron chi connectivity index (χ2n) is 7.78. The molecule has 25 heavy (non-hydrogen) atoms. The van der Waals surface area contributed by atoms with Gasteiger partial charge < -0.3 is 4.90 Å². The molecule has 140 valence electrons. The summed E-state index contributed by atoms with van der Waals surface area (Å²) in [6.07, 6.45) is 10.1. The van der Waals surface area contributed by atoms with Gasteiger partial charge in [0.05, 0.1) is 11.5 Å². The van der Waals surface area contributed by atoms with Crippen molar-refractivity contribution >= 4 is 0 Å². The molecular formula is C23H38N2. The van der Waals surface area contributed by atoms with Crippen molar-refractivity contribution in [3.05, 3.63) is 35.9 Å². The monoisotopic (exact) mass is 342 g/mol. The third kappa shape index (κ3) is 7.20. The maximum Gasteiger partial charge on any atom is 0.0845 e. The van der Waals surface area contributed by atoms with E-state index < -0.39 is 0 Å². The Kier molecular flexibility index (Phi) is 10.5. The highest BCUT2D eigenvalue weighted by molar-refractivity contribution is 5.33. The predicted molar refractivity (Wildman–Crippen MR) is 109 cm³/mol. The molecule has 2 nitrogen and oxygen atoms in total. The first-order chi connectivity index (χ1) is 12.1. The molecule has 0 fully saturated rings. The lowest BCUT2D eigenvalue weighted by Crippen LogP contribution is -2.32. The maximum atomic E-state index is 9.95. The normalized spacial score (nSPS) is 13.8. The van der Waals surface area contributed by atoms with Crippen LogP contribution < -0.4 is 0 Å². The minimum atomic E-state index is -0.359. The number of hydrogen-bond donors (Lipinski definition) is 0. The first kappa shape index (κ1) is 21.7. The van der Waals surface area contributed by atoms with Gasteiger partial charge in [0.15, 0.2) is 0 Å². The van der Waals surface area contributed by atoms with Gasteiger partial charge in [-0.1, -0.05) is 83.2 Å². The van der Waals surface area contributed by atoms with Gasteiger partial charge in [0.2, 0.25) is 0 Å². The van der Waals surface area contributed by atoms with Crippen molar-refractivity contribution in [3.63, 3.8) is 0 Å². The zero-order valence-electron chi connectivity index (χ0n) is 16.9. The van der Waals surface area contributed by atoms with Crippen LogP contribution in [0, 0.1) is 17.2 Å². The van der Waals surface area contributed by atoms with Crippen molar-refractivity contribution in [2.75, 3.05) is 20.1 Å². The van der Waals surface area contributed by atoms with Gasteiger partial charge in [-0.25, -0.2) is 0 Å². The smallest absolute Gasteiger partial charge is 0.0845 e. The first-order valence-electron chi connectivity index (χ1n) is 10.2. The summed E-state index contributed by atoms with van der Waals surface area (Å²) in [5, 5.41) is 9.95. The Hall–Kier alpha value is -1.33. The van der Waals surface area contributed by atoms with E-state index >= 15 is 0 Å². The van der Waals surface area contributed by atoms with Gasteiger partial charge in [0.25, 0.3) is 0 Å². The highest BCUT2D eigenvalue weighted by atomic mass is 15.1. The lowest BCUT2D eigenvalue weighted by atomic mass is 9.70. The molecule has 1 aromatic carbocycles. The summed E-state index contributed by atoms with van der Waals surface area (Å²) < 4.78 is 0. The molecule has 0 N–H and O–H groups in total. The highest BCUT2D eigenvalue weighted by Crippen LogP contribution is 2.36. The largest absolute Gasteiger partial charge is 0.306 e. The summed E-state index contributed by atoms with van der Waals surface area (Å²) in [6, 6.07) is 13.0. The van der Waals surface area contributed by atoms with Crippen molar-refractivity contribution in [3.8, 4) is 6.07 Å². The molecule has 0 saturated carbocycles. The fraction of sp³-hybridized carbons (Fsp3) is 0.696. The van der Waals surface area contributed by atoms with Crippen molar-refractivity contribution < 1.29 is 0 Å². The summed E-state index contributed by atoms with van der Waals surface area (Å²) in [4.78, 5) is 2.44. The summed E-state index contributed by atoms with van der Waals surface area (Å²) in [6.45, 7) is 8.88. The van der Waals surface area contributed by atoms with E-state index in [1.54, 1.807) is 0 Å². The molecular weight excluding hydrogens is 304 g/mol. The Bertz CT molecular complexity index is 489. The topological polar surface area (TPSA) is 27.0 Å². The number of unbranched alkanes of at least 4 members (excludes halogenated alkanes) is 5. The maximum absolute atomic E-state index is 9.95. The van der Waals surface area contributed by atoms with Crippen molar-refractivity contribution in [2.45, 2.75) is 77.6 Å². The summed E-state index contributed by atoms with van der Waals surface area (Å²) in [7, 11) is 2.22. The molecule has 2 heteroatoms. The fourth-order valence-electron chi connectivity index (χ4n) is 3.65. The van der Waals surface area contributed by atoms with Crippen LogP contribution in [0.3, 0.4) is 0 Å². The Morgan fingerprint density at radius 2 is 1.56 bits per heavy atom. The minimum absolute atomic E-state index is 0.323. The minimum Gasteiger partial charge on any atom is -0.306 e. The van der Waals surface area contributed by atoms with Crippen LogP contribution in [0.1, 0.15) is 77.7 Å². The molecule has 1 atom stereocenters. The Morgan fingerprint density at radius 3 is 2.16 bits per heavy atom. The Morgan fingerprint density at radius 1 is 0.960 bits per heavy atom. The van der Waals surface area contributed by atoms with Crippen molar-refractivity contribution in [2.24, 2.45) is 5.92 Å². The Balaban J connectivity index is 2.42. The molecule has 1 unspecified atom stereocenters. The van der Waals surface area contributed by atoms with Gasteiger partial charge in [-0.05, 0) is 50.9 Å². The average molecular weight is 343 g/mol. The molecule has 0 bridgehead atoms. The molecule has 0 aliphatic rings. The second kappa shape index (κ2) is 12.1. The van der Waals surface area contributed by atoms with Gasteiger partial charge in [-0.15, -0.1) is 0 Å². The van der Waals surface area contributed by atoms with Gasteiger partial charge in [-0.3, -0.25) is 0 Å². The van der Waals surface area contributed by atoms with Gasteiger partial charge in [-0.2, -0.15) is 5.26 Å². The molecule has 1 rings (SSSR count). The summed E-state index contributed by atoms with van der Waals surface area (Å²) >= 11 is 0. The third-order valence-electron chi connectivity index (χ3n) is 5.48. The molecule has 0 radical (unpaired) electrons. The summed E-state index contributed by atoms with van der Waals surface area (Å²) in [5.74, 6) is 0.323. The summed E-state index contributed by atoms with van der Waals surface area (Å²) in [5.41, 5.74) is 0.813. The number of rotatable bonds is 13. The van der Waals surface area contributed by atoms with Crippen LogP contribution in [0.5, 0.6) is 0 Å². The lowest BCUT2D eigenvalue weighted by Gasteiger charge is -2.32.